The van der Waals surface area contributed by atoms with Gasteiger partial charge in [0.15, 0.2) is 5.82 Å². The van der Waals surface area contributed by atoms with Crippen molar-refractivity contribution >= 4 is 17.4 Å². The summed E-state index contributed by atoms with van der Waals surface area (Å²) in [5.41, 5.74) is 3.20. The molecule has 1 N–H and O–H groups in total. The zero-order chi connectivity index (χ0) is 20.1. The number of carbonyl (C=O) groups is 1. The molecule has 4 rings (SSSR count). The average molecular weight is 388 g/mol. The maximum absolute atomic E-state index is 12.9. The van der Waals surface area contributed by atoms with Crippen LogP contribution in [0.3, 0.4) is 0 Å². The van der Waals surface area contributed by atoms with Gasteiger partial charge in [-0.1, -0.05) is 49.4 Å². The Labute approximate surface area is 170 Å². The Morgan fingerprint density at radius 3 is 2.45 bits per heavy atom. The Morgan fingerprint density at radius 2 is 1.76 bits per heavy atom. The molecule has 1 amide bonds. The number of hydrogen-bond donors (Lipinski definition) is 1. The second-order valence-corrected chi connectivity index (χ2v) is 6.91. The molecule has 2 heterocycles. The number of anilines is 2. The molecule has 0 atom stereocenters. The quantitative estimate of drug-likeness (QED) is 0.720. The molecular formula is C23H24N4O2. The minimum atomic E-state index is -0.247. The van der Waals surface area contributed by atoms with E-state index in [-0.39, 0.29) is 5.91 Å². The standard InChI is InChI=1S/C23H24N4O2/c1-2-17-8-10-19(11-9-17)24-23(28)20-16-21(27-12-14-29-15-13-27)26-22(25-20)18-6-4-3-5-7-18/h3-11,16H,2,12-15H2,1H3,(H,24,28). The van der Waals surface area contributed by atoms with Gasteiger partial charge in [-0.05, 0) is 24.1 Å². The number of aryl methyl sites for hydroxylation is 1. The lowest BCUT2D eigenvalue weighted by Crippen LogP contribution is -2.37. The number of hydrogen-bond acceptors (Lipinski definition) is 5. The Kier molecular flexibility index (Phi) is 5.81. The van der Waals surface area contributed by atoms with Crippen LogP contribution < -0.4 is 10.2 Å². The second kappa shape index (κ2) is 8.84. The van der Waals surface area contributed by atoms with Gasteiger partial charge in [-0.15, -0.1) is 0 Å². The van der Waals surface area contributed by atoms with Gasteiger partial charge in [0.05, 0.1) is 13.2 Å². The van der Waals surface area contributed by atoms with Crippen molar-refractivity contribution in [2.45, 2.75) is 13.3 Å². The van der Waals surface area contributed by atoms with Gasteiger partial charge < -0.3 is 15.0 Å². The molecule has 6 heteroatoms. The summed E-state index contributed by atoms with van der Waals surface area (Å²) in [4.78, 5) is 24.3. The first kappa shape index (κ1) is 19.1. The fourth-order valence-corrected chi connectivity index (χ4v) is 3.24. The van der Waals surface area contributed by atoms with Crippen molar-refractivity contribution in [3.63, 3.8) is 0 Å². The van der Waals surface area contributed by atoms with Crippen LogP contribution >= 0.6 is 0 Å². The summed E-state index contributed by atoms with van der Waals surface area (Å²) in [6, 6.07) is 19.3. The number of nitrogens with zero attached hydrogens (tertiary/aromatic N) is 3. The van der Waals surface area contributed by atoms with E-state index < -0.39 is 0 Å². The molecule has 29 heavy (non-hydrogen) atoms. The summed E-state index contributed by atoms with van der Waals surface area (Å²) in [5, 5.41) is 2.95. The topological polar surface area (TPSA) is 67.4 Å². The summed E-state index contributed by atoms with van der Waals surface area (Å²) in [5.74, 6) is 1.04. The minimum Gasteiger partial charge on any atom is -0.378 e. The second-order valence-electron chi connectivity index (χ2n) is 6.91. The van der Waals surface area contributed by atoms with Crippen LogP contribution in [0.5, 0.6) is 0 Å². The third kappa shape index (κ3) is 4.60. The Balaban J connectivity index is 1.65. The highest BCUT2D eigenvalue weighted by Crippen LogP contribution is 2.22. The maximum Gasteiger partial charge on any atom is 0.274 e. The van der Waals surface area contributed by atoms with Gasteiger partial charge in [0.1, 0.15) is 11.5 Å². The molecule has 1 aromatic heterocycles. The minimum absolute atomic E-state index is 0.247. The number of benzene rings is 2. The van der Waals surface area contributed by atoms with Crippen LogP contribution in [0.2, 0.25) is 0 Å². The van der Waals surface area contributed by atoms with E-state index in [0.717, 1.165) is 36.6 Å². The molecule has 1 fully saturated rings. The van der Waals surface area contributed by atoms with Gasteiger partial charge in [-0.3, -0.25) is 4.79 Å². The number of morpholine rings is 1. The van der Waals surface area contributed by atoms with Gasteiger partial charge >= 0.3 is 0 Å². The van der Waals surface area contributed by atoms with Crippen LogP contribution in [-0.2, 0) is 11.2 Å². The van der Waals surface area contributed by atoms with E-state index >= 15 is 0 Å². The predicted molar refractivity (Wildman–Crippen MR) is 114 cm³/mol. The molecule has 148 valence electrons. The van der Waals surface area contributed by atoms with Crippen molar-refractivity contribution < 1.29 is 9.53 Å². The molecule has 0 saturated carbocycles. The van der Waals surface area contributed by atoms with Crippen LogP contribution in [0.4, 0.5) is 11.5 Å². The summed E-state index contributed by atoms with van der Waals surface area (Å²) >= 11 is 0. The van der Waals surface area contributed by atoms with E-state index in [4.69, 9.17) is 9.72 Å². The predicted octanol–water partition coefficient (Wildman–Crippen LogP) is 3.79. The molecule has 0 unspecified atom stereocenters. The van der Waals surface area contributed by atoms with Crippen molar-refractivity contribution in [1.82, 2.24) is 9.97 Å². The fourth-order valence-electron chi connectivity index (χ4n) is 3.24. The number of aromatic nitrogens is 2. The van der Waals surface area contributed by atoms with Crippen molar-refractivity contribution in [2.24, 2.45) is 0 Å². The average Bonchev–Trinajstić information content (AvgIpc) is 2.80. The molecule has 0 radical (unpaired) electrons. The molecule has 2 aromatic carbocycles. The number of amides is 1. The number of nitrogens with one attached hydrogen (secondary N) is 1. The third-order valence-electron chi connectivity index (χ3n) is 4.93. The fraction of sp³-hybridized carbons (Fsp3) is 0.261. The highest BCUT2D eigenvalue weighted by atomic mass is 16.5. The van der Waals surface area contributed by atoms with Crippen molar-refractivity contribution in [1.29, 1.82) is 0 Å². The van der Waals surface area contributed by atoms with Crippen LogP contribution in [0.25, 0.3) is 11.4 Å². The normalized spacial score (nSPS) is 13.9. The first-order valence-corrected chi connectivity index (χ1v) is 9.90. The van der Waals surface area contributed by atoms with E-state index in [1.807, 2.05) is 54.6 Å². The molecule has 6 nitrogen and oxygen atoms in total. The first-order chi connectivity index (χ1) is 14.2. The van der Waals surface area contributed by atoms with Gasteiger partial charge in [0.2, 0.25) is 0 Å². The van der Waals surface area contributed by atoms with Crippen LogP contribution in [0.15, 0.2) is 60.7 Å². The number of ether oxygens (including phenoxy) is 1. The third-order valence-corrected chi connectivity index (χ3v) is 4.93. The lowest BCUT2D eigenvalue weighted by atomic mass is 10.1. The lowest BCUT2D eigenvalue weighted by Gasteiger charge is -2.28. The zero-order valence-corrected chi connectivity index (χ0v) is 16.5. The number of rotatable bonds is 5. The molecule has 3 aromatic rings. The summed E-state index contributed by atoms with van der Waals surface area (Å²) in [7, 11) is 0. The smallest absolute Gasteiger partial charge is 0.274 e. The monoisotopic (exact) mass is 388 g/mol. The molecule has 1 aliphatic heterocycles. The molecule has 0 bridgehead atoms. The zero-order valence-electron chi connectivity index (χ0n) is 16.5. The van der Waals surface area contributed by atoms with Gasteiger partial charge in [-0.25, -0.2) is 9.97 Å². The summed E-state index contributed by atoms with van der Waals surface area (Å²) in [6.45, 7) is 4.88. The van der Waals surface area contributed by atoms with Crippen molar-refractivity contribution in [3.8, 4) is 11.4 Å². The Morgan fingerprint density at radius 1 is 1.03 bits per heavy atom. The van der Waals surface area contributed by atoms with Gasteiger partial charge in [0, 0.05) is 30.4 Å². The Hall–Kier alpha value is -3.25. The van der Waals surface area contributed by atoms with Crippen LogP contribution in [0.1, 0.15) is 23.0 Å². The van der Waals surface area contributed by atoms with E-state index in [9.17, 15) is 4.79 Å². The molecule has 1 saturated heterocycles. The SMILES string of the molecule is CCc1ccc(NC(=O)c2cc(N3CCOCC3)nc(-c3ccccc3)n2)cc1. The first-order valence-electron chi connectivity index (χ1n) is 9.90. The van der Waals surface area contributed by atoms with E-state index in [2.05, 4.69) is 22.1 Å². The summed E-state index contributed by atoms with van der Waals surface area (Å²) in [6.07, 6.45) is 0.962. The highest BCUT2D eigenvalue weighted by Gasteiger charge is 2.18. The molecular weight excluding hydrogens is 364 g/mol. The molecule has 0 spiro atoms. The maximum atomic E-state index is 12.9. The van der Waals surface area contributed by atoms with Crippen LogP contribution in [-0.4, -0.2) is 42.2 Å². The highest BCUT2D eigenvalue weighted by molar-refractivity contribution is 6.03. The number of carbonyl (C=O) groups excluding carboxylic acids is 1. The lowest BCUT2D eigenvalue weighted by molar-refractivity contribution is 0.102. The molecule has 0 aliphatic carbocycles. The van der Waals surface area contributed by atoms with E-state index in [1.165, 1.54) is 5.56 Å². The summed E-state index contributed by atoms with van der Waals surface area (Å²) < 4.78 is 5.45. The Bertz CT molecular complexity index is 968. The van der Waals surface area contributed by atoms with Gasteiger partial charge in [-0.2, -0.15) is 0 Å². The van der Waals surface area contributed by atoms with Crippen molar-refractivity contribution in [2.75, 3.05) is 36.5 Å². The van der Waals surface area contributed by atoms with Gasteiger partial charge in [0.25, 0.3) is 5.91 Å². The van der Waals surface area contributed by atoms with Crippen molar-refractivity contribution in [3.05, 3.63) is 71.9 Å². The van der Waals surface area contributed by atoms with E-state index in [1.54, 1.807) is 6.07 Å². The largest absolute Gasteiger partial charge is 0.378 e. The molecule has 1 aliphatic rings. The van der Waals surface area contributed by atoms with E-state index in [0.29, 0.717) is 24.7 Å². The van der Waals surface area contributed by atoms with Crippen LogP contribution in [0, 0.1) is 0 Å².